The average Bonchev–Trinajstić information content (AvgIpc) is 2.62. The summed E-state index contributed by atoms with van der Waals surface area (Å²) in [5, 5.41) is 2.68. The monoisotopic (exact) mass is 364 g/mol. The molecule has 5 nitrogen and oxygen atoms in total. The van der Waals surface area contributed by atoms with Crippen molar-refractivity contribution in [2.45, 2.75) is 12.8 Å². The summed E-state index contributed by atoms with van der Waals surface area (Å²) >= 11 is 0. The number of anilines is 1. The second kappa shape index (κ2) is 8.62. The fraction of sp³-hybridized carbons (Fsp3) is 0.278. The Morgan fingerprint density at radius 1 is 1.08 bits per heavy atom. The molecule has 0 fully saturated rings. The molecule has 0 atom stereocenters. The highest BCUT2D eigenvalue weighted by Gasteiger charge is 2.19. The number of hydrogen-bond donors (Lipinski definition) is 1. The third-order valence-corrected chi connectivity index (χ3v) is 5.54. The molecule has 0 heterocycles. The van der Waals surface area contributed by atoms with Crippen LogP contribution < -0.4 is 9.62 Å². The molecular weight excluding hydrogens is 343 g/mol. The molecule has 0 aliphatic heterocycles. The van der Waals surface area contributed by atoms with Crippen LogP contribution in [0.2, 0.25) is 0 Å². The summed E-state index contributed by atoms with van der Waals surface area (Å²) in [5.41, 5.74) is 1.46. The molecule has 134 valence electrons. The van der Waals surface area contributed by atoms with Gasteiger partial charge in [0.05, 0.1) is 11.4 Å². The molecular formula is C18H21FN2O3S. The van der Waals surface area contributed by atoms with Crippen LogP contribution >= 0.6 is 0 Å². The first kappa shape index (κ1) is 18.9. The van der Waals surface area contributed by atoms with Crippen molar-refractivity contribution in [3.05, 3.63) is 66.0 Å². The van der Waals surface area contributed by atoms with Crippen LogP contribution in [0.25, 0.3) is 0 Å². The van der Waals surface area contributed by atoms with Crippen LogP contribution in [0.3, 0.4) is 0 Å². The number of carbonyl (C=O) groups excluding carboxylic acids is 1. The van der Waals surface area contributed by atoms with Crippen molar-refractivity contribution < 1.29 is 17.6 Å². The van der Waals surface area contributed by atoms with Gasteiger partial charge in [-0.25, -0.2) is 12.8 Å². The van der Waals surface area contributed by atoms with E-state index in [1.54, 1.807) is 42.5 Å². The Bertz CT molecular complexity index is 793. The van der Waals surface area contributed by atoms with Gasteiger partial charge in [-0.2, -0.15) is 0 Å². The van der Waals surface area contributed by atoms with Crippen molar-refractivity contribution in [2.24, 2.45) is 0 Å². The van der Waals surface area contributed by atoms with E-state index in [2.05, 4.69) is 5.32 Å². The number of halogens is 1. The van der Waals surface area contributed by atoms with Crippen LogP contribution in [0.1, 0.15) is 12.0 Å². The van der Waals surface area contributed by atoms with E-state index in [1.807, 2.05) is 0 Å². The summed E-state index contributed by atoms with van der Waals surface area (Å²) < 4.78 is 38.5. The number of rotatable bonds is 8. The normalized spacial score (nSPS) is 11.1. The first-order valence-electron chi connectivity index (χ1n) is 7.91. The Morgan fingerprint density at radius 3 is 2.36 bits per heavy atom. The van der Waals surface area contributed by atoms with Gasteiger partial charge in [0.2, 0.25) is 15.9 Å². The molecule has 2 aromatic carbocycles. The molecule has 0 bridgehead atoms. The predicted molar refractivity (Wildman–Crippen MR) is 96.4 cm³/mol. The van der Waals surface area contributed by atoms with Crippen LogP contribution in [0.4, 0.5) is 10.1 Å². The van der Waals surface area contributed by atoms with E-state index in [0.717, 1.165) is 5.56 Å². The van der Waals surface area contributed by atoms with Gasteiger partial charge in [0.15, 0.2) is 0 Å². The van der Waals surface area contributed by atoms with Crippen molar-refractivity contribution in [3.63, 3.8) is 0 Å². The van der Waals surface area contributed by atoms with Crippen LogP contribution in [0, 0.1) is 5.82 Å². The zero-order chi connectivity index (χ0) is 18.3. The Kier molecular flexibility index (Phi) is 6.52. The van der Waals surface area contributed by atoms with Crippen LogP contribution in [-0.4, -0.2) is 33.7 Å². The highest BCUT2D eigenvalue weighted by molar-refractivity contribution is 7.92. The summed E-state index contributed by atoms with van der Waals surface area (Å²) in [7, 11) is -2.09. The molecule has 0 unspecified atom stereocenters. The number of hydrogen-bond acceptors (Lipinski definition) is 3. The minimum absolute atomic E-state index is 0.108. The second-order valence-electron chi connectivity index (χ2n) is 5.60. The first-order valence-corrected chi connectivity index (χ1v) is 9.52. The number of carbonyl (C=O) groups is 1. The number of nitrogens with zero attached hydrogens (tertiary/aromatic N) is 1. The minimum Gasteiger partial charge on any atom is -0.356 e. The van der Waals surface area contributed by atoms with E-state index in [4.69, 9.17) is 0 Å². The zero-order valence-electron chi connectivity index (χ0n) is 14.0. The Balaban J connectivity index is 1.77. The maximum Gasteiger partial charge on any atom is 0.235 e. The van der Waals surface area contributed by atoms with E-state index in [9.17, 15) is 17.6 Å². The summed E-state index contributed by atoms with van der Waals surface area (Å²) in [5.74, 6) is -0.895. The lowest BCUT2D eigenvalue weighted by atomic mass is 10.1. The molecule has 25 heavy (non-hydrogen) atoms. The fourth-order valence-corrected chi connectivity index (χ4v) is 3.40. The summed E-state index contributed by atoms with van der Waals surface area (Å²) in [6.07, 6.45) is 0.450. The highest BCUT2D eigenvalue weighted by Crippen LogP contribution is 2.15. The lowest BCUT2D eigenvalue weighted by Crippen LogP contribution is -2.33. The van der Waals surface area contributed by atoms with Crippen molar-refractivity contribution >= 4 is 21.6 Å². The van der Waals surface area contributed by atoms with Gasteiger partial charge in [0.1, 0.15) is 5.82 Å². The molecule has 0 radical (unpaired) electrons. The minimum atomic E-state index is -3.56. The molecule has 0 aromatic heterocycles. The molecule has 2 aromatic rings. The van der Waals surface area contributed by atoms with Gasteiger partial charge >= 0.3 is 0 Å². The van der Waals surface area contributed by atoms with Crippen molar-refractivity contribution in [3.8, 4) is 0 Å². The van der Waals surface area contributed by atoms with E-state index in [-0.39, 0.29) is 23.9 Å². The SMILES string of the molecule is CN(c1ccccc1)S(=O)(=O)CCC(=O)NCCc1ccc(F)cc1. The largest absolute Gasteiger partial charge is 0.356 e. The van der Waals surface area contributed by atoms with Gasteiger partial charge in [-0.1, -0.05) is 30.3 Å². The van der Waals surface area contributed by atoms with Gasteiger partial charge in [-0.15, -0.1) is 0 Å². The van der Waals surface area contributed by atoms with E-state index < -0.39 is 10.0 Å². The van der Waals surface area contributed by atoms with Crippen LogP contribution in [-0.2, 0) is 21.2 Å². The second-order valence-corrected chi connectivity index (χ2v) is 7.72. The lowest BCUT2D eigenvalue weighted by Gasteiger charge is -2.19. The summed E-state index contributed by atoms with van der Waals surface area (Å²) in [6.45, 7) is 0.374. The van der Waals surface area contributed by atoms with Gasteiger partial charge < -0.3 is 5.32 Å². The number of nitrogens with one attached hydrogen (secondary N) is 1. The first-order chi connectivity index (χ1) is 11.9. The zero-order valence-corrected chi connectivity index (χ0v) is 14.8. The molecule has 0 aliphatic rings. The molecule has 7 heteroatoms. The van der Waals surface area contributed by atoms with Gasteiger partial charge in [0.25, 0.3) is 0 Å². The van der Waals surface area contributed by atoms with E-state index in [0.29, 0.717) is 18.7 Å². The summed E-state index contributed by atoms with van der Waals surface area (Å²) in [4.78, 5) is 11.8. The maximum absolute atomic E-state index is 12.8. The standard InChI is InChI=1S/C18H21FN2O3S/c1-21(17-5-3-2-4-6-17)25(23,24)14-12-18(22)20-13-11-15-7-9-16(19)10-8-15/h2-10H,11-14H2,1H3,(H,20,22). The Hall–Kier alpha value is -2.41. The van der Waals surface area contributed by atoms with E-state index in [1.165, 1.54) is 23.5 Å². The molecule has 1 amide bonds. The fourth-order valence-electron chi connectivity index (χ4n) is 2.24. The molecule has 1 N–H and O–H groups in total. The molecule has 0 spiro atoms. The highest BCUT2D eigenvalue weighted by atomic mass is 32.2. The average molecular weight is 364 g/mol. The Morgan fingerprint density at radius 2 is 1.72 bits per heavy atom. The molecule has 0 saturated carbocycles. The van der Waals surface area contributed by atoms with Crippen LogP contribution in [0.15, 0.2) is 54.6 Å². The third-order valence-electron chi connectivity index (χ3n) is 3.77. The molecule has 2 rings (SSSR count). The van der Waals surface area contributed by atoms with Gasteiger partial charge in [0, 0.05) is 20.0 Å². The van der Waals surface area contributed by atoms with Gasteiger partial charge in [-0.05, 0) is 36.2 Å². The number of sulfonamides is 1. The maximum atomic E-state index is 12.8. The van der Waals surface area contributed by atoms with Crippen molar-refractivity contribution in [1.82, 2.24) is 5.32 Å². The van der Waals surface area contributed by atoms with E-state index >= 15 is 0 Å². The lowest BCUT2D eigenvalue weighted by molar-refractivity contribution is -0.120. The van der Waals surface area contributed by atoms with Gasteiger partial charge in [-0.3, -0.25) is 9.10 Å². The number of amides is 1. The van der Waals surface area contributed by atoms with Crippen molar-refractivity contribution in [1.29, 1.82) is 0 Å². The number of benzene rings is 2. The topological polar surface area (TPSA) is 66.5 Å². The molecule has 0 aliphatic carbocycles. The summed E-state index contributed by atoms with van der Waals surface area (Å²) in [6, 6.07) is 14.7. The third kappa shape index (κ3) is 5.86. The quantitative estimate of drug-likeness (QED) is 0.782. The smallest absolute Gasteiger partial charge is 0.235 e. The van der Waals surface area contributed by atoms with Crippen molar-refractivity contribution in [2.75, 3.05) is 23.7 Å². The number of para-hydroxylation sites is 1. The Labute approximate surface area is 147 Å². The van der Waals surface area contributed by atoms with Crippen LogP contribution in [0.5, 0.6) is 0 Å². The molecule has 0 saturated heterocycles. The predicted octanol–water partition coefficient (Wildman–Crippen LogP) is 2.34.